The van der Waals surface area contributed by atoms with Crippen LogP contribution in [0.5, 0.6) is 5.75 Å². The van der Waals surface area contributed by atoms with Crippen molar-refractivity contribution in [3.63, 3.8) is 0 Å². The molecule has 0 aliphatic carbocycles. The van der Waals surface area contributed by atoms with Crippen LogP contribution in [0.3, 0.4) is 0 Å². The number of phenolic OH excluding ortho intramolecular Hbond substituents is 1. The molecule has 3 N–H and O–H groups in total. The molecule has 2 atom stereocenters. The number of fused-ring (bicyclic) bond motifs is 1. The Balaban J connectivity index is 1.65. The van der Waals surface area contributed by atoms with Crippen LogP contribution in [-0.4, -0.2) is 27.0 Å². The number of alkyl halides is 3. The second-order valence-electron chi connectivity index (χ2n) is 6.84. The van der Waals surface area contributed by atoms with Crippen molar-refractivity contribution in [2.75, 3.05) is 10.6 Å². The van der Waals surface area contributed by atoms with Crippen molar-refractivity contribution in [1.82, 2.24) is 9.78 Å². The van der Waals surface area contributed by atoms with Crippen LogP contribution in [0.2, 0.25) is 0 Å². The topological polar surface area (TPSA) is 79.2 Å². The van der Waals surface area contributed by atoms with Crippen LogP contribution in [0.1, 0.15) is 39.4 Å². The van der Waals surface area contributed by atoms with Gasteiger partial charge in [0, 0.05) is 17.4 Å². The second kappa shape index (κ2) is 7.11. The van der Waals surface area contributed by atoms with E-state index in [2.05, 4.69) is 15.7 Å². The number of nitrogens with one attached hydrogen (secondary N) is 2. The van der Waals surface area contributed by atoms with Crippen LogP contribution >= 0.6 is 11.3 Å². The van der Waals surface area contributed by atoms with Gasteiger partial charge in [-0.15, -0.1) is 11.3 Å². The van der Waals surface area contributed by atoms with Crippen molar-refractivity contribution in [2.24, 2.45) is 0 Å². The first-order valence-electron chi connectivity index (χ1n) is 8.79. The lowest BCUT2D eigenvalue weighted by Crippen LogP contribution is -2.35. The maximum Gasteiger partial charge on any atom is 0.410 e. The monoisotopic (exact) mass is 422 g/mol. The fourth-order valence-electron chi connectivity index (χ4n) is 3.30. The summed E-state index contributed by atoms with van der Waals surface area (Å²) in [6.07, 6.45) is -4.74. The van der Waals surface area contributed by atoms with Gasteiger partial charge in [-0.2, -0.15) is 18.3 Å². The van der Waals surface area contributed by atoms with Gasteiger partial charge >= 0.3 is 6.18 Å². The lowest BCUT2D eigenvalue weighted by atomic mass is 10.0. The molecule has 1 amide bonds. The minimum Gasteiger partial charge on any atom is -0.506 e. The summed E-state index contributed by atoms with van der Waals surface area (Å²) in [5.41, 5.74) is 0.798. The number of benzene rings is 1. The maximum absolute atomic E-state index is 13.7. The molecule has 3 heterocycles. The molecule has 0 unspecified atom stereocenters. The van der Waals surface area contributed by atoms with Gasteiger partial charge in [0.25, 0.3) is 5.91 Å². The summed E-state index contributed by atoms with van der Waals surface area (Å²) in [7, 11) is 0. The number of carbonyl (C=O) groups excluding carboxylic acids is 1. The molecule has 1 aliphatic heterocycles. The van der Waals surface area contributed by atoms with Gasteiger partial charge in [0.2, 0.25) is 0 Å². The fraction of sp³-hybridized carbons (Fsp3) is 0.263. The molecular formula is C19H17F3N4O2S. The maximum atomic E-state index is 13.7. The van der Waals surface area contributed by atoms with Gasteiger partial charge in [0.05, 0.1) is 11.7 Å². The van der Waals surface area contributed by atoms with E-state index >= 15 is 0 Å². The number of anilines is 2. The predicted octanol–water partition coefficient (Wildman–Crippen LogP) is 4.87. The molecule has 1 aromatic carbocycles. The molecule has 0 spiro atoms. The van der Waals surface area contributed by atoms with Gasteiger partial charge in [0.1, 0.15) is 11.6 Å². The van der Waals surface area contributed by atoms with Crippen LogP contribution in [-0.2, 0) is 0 Å². The molecule has 29 heavy (non-hydrogen) atoms. The summed E-state index contributed by atoms with van der Waals surface area (Å²) < 4.78 is 41.8. The normalized spacial score (nSPS) is 18.8. The highest BCUT2D eigenvalue weighted by molar-refractivity contribution is 7.10. The molecule has 0 radical (unpaired) electrons. The average Bonchev–Trinajstić information content (AvgIpc) is 3.32. The van der Waals surface area contributed by atoms with Gasteiger partial charge in [-0.25, -0.2) is 4.68 Å². The standard InChI is InChI=1S/C19H17F3N4O2S/c1-10-4-5-14(27)11(7-10)24-18(28)13-9-17-23-12(15-3-2-6-29-15)8-16(19(20,21)22)26(17)25-13/h2-7,9,12,16,23,27H,8H2,1H3,(H,24,28)/t12-,16+/m0/s1. The summed E-state index contributed by atoms with van der Waals surface area (Å²) in [6, 6.07) is 7.13. The Labute approximate surface area is 168 Å². The molecule has 0 bridgehead atoms. The van der Waals surface area contributed by atoms with Crippen LogP contribution in [0, 0.1) is 6.92 Å². The molecule has 1 aliphatic rings. The number of amides is 1. The van der Waals surface area contributed by atoms with Gasteiger partial charge in [-0.1, -0.05) is 12.1 Å². The van der Waals surface area contributed by atoms with Crippen molar-refractivity contribution < 1.29 is 23.1 Å². The van der Waals surface area contributed by atoms with Crippen LogP contribution < -0.4 is 10.6 Å². The Morgan fingerprint density at radius 1 is 1.34 bits per heavy atom. The first-order chi connectivity index (χ1) is 13.7. The summed E-state index contributed by atoms with van der Waals surface area (Å²) in [4.78, 5) is 13.3. The van der Waals surface area contributed by atoms with Gasteiger partial charge < -0.3 is 15.7 Å². The zero-order valence-electron chi connectivity index (χ0n) is 15.2. The molecule has 0 fully saturated rings. The second-order valence-corrected chi connectivity index (χ2v) is 7.82. The number of hydrogen-bond donors (Lipinski definition) is 3. The third kappa shape index (κ3) is 3.80. The molecule has 0 saturated carbocycles. The van der Waals surface area contributed by atoms with E-state index < -0.39 is 24.2 Å². The number of nitrogens with zero attached hydrogens (tertiary/aromatic N) is 2. The first kappa shape index (κ1) is 19.3. The fourth-order valence-corrected chi connectivity index (χ4v) is 4.09. The van der Waals surface area contributed by atoms with E-state index in [9.17, 15) is 23.1 Å². The van der Waals surface area contributed by atoms with E-state index in [1.165, 1.54) is 23.5 Å². The van der Waals surface area contributed by atoms with E-state index in [0.717, 1.165) is 15.1 Å². The van der Waals surface area contributed by atoms with Crippen LogP contribution in [0.4, 0.5) is 24.7 Å². The van der Waals surface area contributed by atoms with Crippen molar-refractivity contribution in [1.29, 1.82) is 0 Å². The van der Waals surface area contributed by atoms with Crippen molar-refractivity contribution in [3.05, 3.63) is 57.9 Å². The number of aromatic nitrogens is 2. The van der Waals surface area contributed by atoms with Crippen molar-refractivity contribution >= 4 is 28.7 Å². The molecule has 2 aromatic heterocycles. The number of aromatic hydroxyl groups is 1. The highest BCUT2D eigenvalue weighted by atomic mass is 32.1. The molecule has 6 nitrogen and oxygen atoms in total. The Hall–Kier alpha value is -3.01. The van der Waals surface area contributed by atoms with E-state index in [0.29, 0.717) is 0 Å². The minimum absolute atomic E-state index is 0.121. The lowest BCUT2D eigenvalue weighted by molar-refractivity contribution is -0.173. The van der Waals surface area contributed by atoms with E-state index in [-0.39, 0.29) is 29.4 Å². The number of phenols is 1. The van der Waals surface area contributed by atoms with Crippen molar-refractivity contribution in [2.45, 2.75) is 31.6 Å². The smallest absolute Gasteiger partial charge is 0.410 e. The number of hydrogen-bond acceptors (Lipinski definition) is 5. The SMILES string of the molecule is Cc1ccc(O)c(NC(=O)c2cc3n(n2)[C@@H](C(F)(F)F)C[C@@H](c2cccs2)N3)c1. The van der Waals surface area contributed by atoms with Crippen LogP contribution in [0.25, 0.3) is 0 Å². The zero-order valence-corrected chi connectivity index (χ0v) is 16.0. The highest BCUT2D eigenvalue weighted by Crippen LogP contribution is 2.44. The number of aryl methyl sites for hydroxylation is 1. The van der Waals surface area contributed by atoms with Crippen LogP contribution in [0.15, 0.2) is 41.8 Å². The highest BCUT2D eigenvalue weighted by Gasteiger charge is 2.47. The summed E-state index contributed by atoms with van der Waals surface area (Å²) in [5.74, 6) is -0.726. The molecule has 4 rings (SSSR count). The van der Waals surface area contributed by atoms with Crippen molar-refractivity contribution in [3.8, 4) is 5.75 Å². The summed E-state index contributed by atoms with van der Waals surface area (Å²) in [6.45, 7) is 1.78. The number of halogens is 3. The summed E-state index contributed by atoms with van der Waals surface area (Å²) in [5, 5.41) is 21.1. The first-order valence-corrected chi connectivity index (χ1v) is 9.67. The third-order valence-corrected chi connectivity index (χ3v) is 5.70. The lowest BCUT2D eigenvalue weighted by Gasteiger charge is -2.32. The summed E-state index contributed by atoms with van der Waals surface area (Å²) >= 11 is 1.37. The largest absolute Gasteiger partial charge is 0.506 e. The van der Waals surface area contributed by atoms with Gasteiger partial charge in [-0.3, -0.25) is 4.79 Å². The Morgan fingerprint density at radius 3 is 2.83 bits per heavy atom. The molecule has 152 valence electrons. The average molecular weight is 422 g/mol. The van der Waals surface area contributed by atoms with E-state index in [1.54, 1.807) is 36.6 Å². The number of carbonyl (C=O) groups is 1. The van der Waals surface area contributed by atoms with Gasteiger partial charge in [-0.05, 0) is 36.1 Å². The molecule has 3 aromatic rings. The third-order valence-electron chi connectivity index (χ3n) is 4.71. The number of rotatable bonds is 3. The van der Waals surface area contributed by atoms with E-state index in [1.807, 2.05) is 0 Å². The number of thiophene rings is 1. The Morgan fingerprint density at radius 2 is 2.14 bits per heavy atom. The quantitative estimate of drug-likeness (QED) is 0.526. The molecular weight excluding hydrogens is 405 g/mol. The predicted molar refractivity (Wildman–Crippen MR) is 103 cm³/mol. The molecule has 0 saturated heterocycles. The Kier molecular flexibility index (Phi) is 4.73. The zero-order chi connectivity index (χ0) is 20.8. The Bertz CT molecular complexity index is 1050. The minimum atomic E-state index is -4.51. The van der Waals surface area contributed by atoms with Gasteiger partial charge in [0.15, 0.2) is 11.7 Å². The van der Waals surface area contributed by atoms with E-state index in [4.69, 9.17) is 0 Å². The molecule has 10 heteroatoms.